The number of rotatable bonds is 10. The first-order chi connectivity index (χ1) is 23.9. The number of fused-ring (bicyclic) bond motifs is 2. The molecule has 4 aliphatic carbocycles. The molecule has 7 aliphatic rings. The van der Waals surface area contributed by atoms with E-state index in [1.165, 1.54) is 0 Å². The summed E-state index contributed by atoms with van der Waals surface area (Å²) in [6.07, 6.45) is 5.12. The highest BCUT2D eigenvalue weighted by molar-refractivity contribution is 6.48. The summed E-state index contributed by atoms with van der Waals surface area (Å²) >= 11 is 0. The third-order valence-electron chi connectivity index (χ3n) is 13.6. The van der Waals surface area contributed by atoms with E-state index in [0.717, 1.165) is 48.9 Å². The van der Waals surface area contributed by atoms with E-state index < -0.39 is 30.7 Å². The first-order valence-electron chi connectivity index (χ1n) is 18.6. The Morgan fingerprint density at radius 3 is 2.70 bits per heavy atom. The van der Waals surface area contributed by atoms with Gasteiger partial charge in [0.1, 0.15) is 18.1 Å². The fourth-order valence-electron chi connectivity index (χ4n) is 10.3. The Morgan fingerprint density at radius 1 is 1.16 bits per heavy atom. The smallest absolute Gasteiger partial charge is 0.464 e. The summed E-state index contributed by atoms with van der Waals surface area (Å²) in [6.45, 7) is 14.6. The number of carbonyl (C=O) groups is 2. The molecule has 3 saturated heterocycles. The van der Waals surface area contributed by atoms with E-state index in [0.29, 0.717) is 50.4 Å². The van der Waals surface area contributed by atoms with Gasteiger partial charge in [0.05, 0.1) is 49.2 Å². The maximum Gasteiger partial charge on any atom is 0.482 e. The molecule has 2 aromatic rings. The van der Waals surface area contributed by atoms with Crippen molar-refractivity contribution in [3.05, 3.63) is 36.1 Å². The summed E-state index contributed by atoms with van der Waals surface area (Å²) < 4.78 is 30.8. The fraction of sp³-hybridized carbons (Fsp3) is 0.711. The summed E-state index contributed by atoms with van der Waals surface area (Å²) in [4.78, 5) is 31.6. The number of ether oxygens (including phenoxy) is 2. The van der Waals surface area contributed by atoms with Crippen molar-refractivity contribution in [1.82, 2.24) is 15.1 Å². The lowest BCUT2D eigenvalue weighted by Gasteiger charge is -2.64. The Hall–Kier alpha value is -3.11. The molecule has 4 saturated carbocycles. The summed E-state index contributed by atoms with van der Waals surface area (Å²) in [5, 5.41) is 14.2. The topological polar surface area (TPSA) is 127 Å². The molecule has 7 fully saturated rings. The van der Waals surface area contributed by atoms with Gasteiger partial charge in [0.2, 0.25) is 5.91 Å². The molecule has 9 atom stereocenters. The van der Waals surface area contributed by atoms with Gasteiger partial charge in [0.15, 0.2) is 0 Å². The highest BCUT2D eigenvalue weighted by Crippen LogP contribution is 2.65. The van der Waals surface area contributed by atoms with Crippen molar-refractivity contribution < 1.29 is 32.8 Å². The Kier molecular flexibility index (Phi) is 8.53. The maximum absolute atomic E-state index is 13.9. The molecule has 2 amide bonds. The molecular weight excluding hydrogens is 635 g/mol. The number of nitrogens with zero attached hydrogens (tertiary/aromatic N) is 3. The summed E-state index contributed by atoms with van der Waals surface area (Å²) in [5.41, 5.74) is 1.19. The van der Waals surface area contributed by atoms with Gasteiger partial charge in [0, 0.05) is 30.6 Å². The van der Waals surface area contributed by atoms with Crippen LogP contribution in [0.3, 0.4) is 0 Å². The van der Waals surface area contributed by atoms with Crippen molar-refractivity contribution in [2.45, 2.75) is 95.9 Å². The molecule has 50 heavy (non-hydrogen) atoms. The van der Waals surface area contributed by atoms with Crippen LogP contribution < -0.4 is 5.32 Å². The summed E-state index contributed by atoms with van der Waals surface area (Å²) in [6, 6.07) is 9.94. The van der Waals surface area contributed by atoms with Gasteiger partial charge >= 0.3 is 13.2 Å². The lowest BCUT2D eigenvalue weighted by molar-refractivity contribution is -0.199. The van der Waals surface area contributed by atoms with Crippen LogP contribution in [-0.2, 0) is 30.0 Å². The number of amides is 2. The highest BCUT2D eigenvalue weighted by Gasteiger charge is 2.68. The SMILES string of the molecule is CC1(C)[C@@H]2C[C@H]3OB([C@H](Cc4coc5ccccc45)NC(=O)OC[C@H]4[C@H]5C[C@H]5CN4C(=O)C(C#N)CC(C)(C)N4CCOCC4)O[C@@]3(C)[C@H]1C2. The molecule has 11 nitrogen and oxygen atoms in total. The molecule has 1 N–H and O–H groups in total. The van der Waals surface area contributed by atoms with Gasteiger partial charge < -0.3 is 33.4 Å². The number of nitriles is 1. The van der Waals surface area contributed by atoms with E-state index in [2.05, 4.69) is 50.9 Å². The molecule has 1 unspecified atom stereocenters. The van der Waals surface area contributed by atoms with Crippen LogP contribution >= 0.6 is 0 Å². The minimum absolute atomic E-state index is 0.0307. The van der Waals surface area contributed by atoms with Crippen molar-refractivity contribution in [2.24, 2.45) is 35.0 Å². The predicted molar refractivity (Wildman–Crippen MR) is 186 cm³/mol. The predicted octanol–water partition coefficient (Wildman–Crippen LogP) is 4.83. The third-order valence-corrected chi connectivity index (χ3v) is 13.6. The fourth-order valence-corrected chi connectivity index (χ4v) is 10.3. The highest BCUT2D eigenvalue weighted by atomic mass is 16.7. The molecule has 1 aromatic carbocycles. The molecule has 4 heterocycles. The standard InChI is InChI=1S/C38H51BN4O7/c1-36(2,42-10-12-46-13-11-42)18-25(19-40)34(44)43-20-23-14-28(23)29(43)22-48-35(45)41-33(15-24-21-47-30-9-7-6-8-27(24)30)39-49-32-17-26-16-31(37(26,3)4)38(32,5)50-39/h6-9,21,23,25-26,28-29,31-33H,10-18,20,22H2,1-5H3,(H,41,45)/t23-,25?,26-,28-,29-,31-,32+,33-,38-/m0/s1. The second-order valence-electron chi connectivity index (χ2n) is 17.2. The van der Waals surface area contributed by atoms with Crippen LogP contribution in [0.5, 0.6) is 0 Å². The van der Waals surface area contributed by atoms with E-state index in [1.807, 2.05) is 29.2 Å². The molecule has 1 aromatic heterocycles. The molecule has 9 rings (SSSR count). The Bertz CT molecular complexity index is 1670. The average Bonchev–Trinajstić information content (AvgIpc) is 3.41. The Labute approximate surface area is 295 Å². The van der Waals surface area contributed by atoms with Crippen molar-refractivity contribution in [3.63, 3.8) is 0 Å². The van der Waals surface area contributed by atoms with Crippen molar-refractivity contribution in [2.75, 3.05) is 39.5 Å². The third kappa shape index (κ3) is 5.82. The van der Waals surface area contributed by atoms with Crippen LogP contribution in [0.4, 0.5) is 4.79 Å². The van der Waals surface area contributed by atoms with Crippen LogP contribution in [0.1, 0.15) is 65.9 Å². The van der Waals surface area contributed by atoms with Crippen LogP contribution in [0, 0.1) is 46.3 Å². The van der Waals surface area contributed by atoms with Gasteiger partial charge in [-0.3, -0.25) is 9.69 Å². The van der Waals surface area contributed by atoms with Crippen molar-refractivity contribution in [3.8, 4) is 6.07 Å². The maximum atomic E-state index is 13.9. The Morgan fingerprint density at radius 2 is 1.94 bits per heavy atom. The minimum Gasteiger partial charge on any atom is -0.464 e. The summed E-state index contributed by atoms with van der Waals surface area (Å²) in [7, 11) is -0.648. The molecule has 2 bridgehead atoms. The monoisotopic (exact) mass is 686 g/mol. The number of piperidine rings is 1. The zero-order chi connectivity index (χ0) is 35.0. The number of furan rings is 1. The second kappa shape index (κ2) is 12.5. The van der Waals surface area contributed by atoms with E-state index in [4.69, 9.17) is 23.2 Å². The van der Waals surface area contributed by atoms with Crippen LogP contribution in [0.15, 0.2) is 34.9 Å². The number of morpholine rings is 1. The number of hydrogen-bond acceptors (Lipinski definition) is 9. The first-order valence-corrected chi connectivity index (χ1v) is 18.6. The second-order valence-corrected chi connectivity index (χ2v) is 17.2. The van der Waals surface area contributed by atoms with Crippen LogP contribution in [0.2, 0.25) is 0 Å². The number of alkyl carbamates (subject to hydrolysis) is 1. The van der Waals surface area contributed by atoms with Gasteiger partial charge in [-0.2, -0.15) is 5.26 Å². The van der Waals surface area contributed by atoms with Crippen molar-refractivity contribution in [1.29, 1.82) is 5.26 Å². The number of hydrogen-bond donors (Lipinski definition) is 1. The largest absolute Gasteiger partial charge is 0.482 e. The van der Waals surface area contributed by atoms with Gasteiger partial charge in [-0.1, -0.05) is 32.0 Å². The molecule has 3 aliphatic heterocycles. The van der Waals surface area contributed by atoms with E-state index >= 15 is 0 Å². The van der Waals surface area contributed by atoms with E-state index in [9.17, 15) is 14.9 Å². The van der Waals surface area contributed by atoms with E-state index in [1.54, 1.807) is 6.26 Å². The normalized spacial score (nSPS) is 33.9. The number of para-hydroxylation sites is 1. The summed E-state index contributed by atoms with van der Waals surface area (Å²) in [5.74, 6) is 0.219. The zero-order valence-corrected chi connectivity index (χ0v) is 30.1. The number of benzene rings is 1. The molecule has 12 heteroatoms. The molecular formula is C38H51BN4O7. The number of likely N-dealkylation sites (tertiary alicyclic amines) is 1. The van der Waals surface area contributed by atoms with Crippen molar-refractivity contribution >= 4 is 30.1 Å². The molecule has 0 spiro atoms. The number of carbonyl (C=O) groups excluding carboxylic acids is 2. The minimum atomic E-state index is -0.770. The lowest BCUT2D eigenvalue weighted by Crippen LogP contribution is -2.65. The lowest BCUT2D eigenvalue weighted by atomic mass is 9.43. The van der Waals surface area contributed by atoms with Gasteiger partial charge in [-0.25, -0.2) is 4.79 Å². The van der Waals surface area contributed by atoms with E-state index in [-0.39, 0.29) is 41.5 Å². The van der Waals surface area contributed by atoms with Gasteiger partial charge in [-0.15, -0.1) is 0 Å². The number of nitrogens with one attached hydrogen (secondary N) is 1. The molecule has 0 radical (unpaired) electrons. The quantitative estimate of drug-likeness (QED) is 0.350. The van der Waals surface area contributed by atoms with Crippen LogP contribution in [0.25, 0.3) is 11.0 Å². The van der Waals surface area contributed by atoms with Crippen LogP contribution in [-0.4, -0.2) is 97.6 Å². The first kappa shape index (κ1) is 34.0. The average molecular weight is 687 g/mol. The zero-order valence-electron chi connectivity index (χ0n) is 30.1. The Balaban J connectivity index is 0.947. The molecule has 268 valence electrons. The van der Waals surface area contributed by atoms with Gasteiger partial charge in [-0.05, 0) is 93.6 Å². The van der Waals surface area contributed by atoms with Gasteiger partial charge in [0.25, 0.3) is 0 Å².